The number of benzene rings is 1. The van der Waals surface area contributed by atoms with Gasteiger partial charge in [0.15, 0.2) is 22.8 Å². The number of aromatic nitrogens is 4. The van der Waals surface area contributed by atoms with E-state index in [9.17, 15) is 9.50 Å². The van der Waals surface area contributed by atoms with Crippen LogP contribution in [0.4, 0.5) is 10.2 Å². The van der Waals surface area contributed by atoms with Crippen molar-refractivity contribution >= 4 is 23.1 Å². The monoisotopic (exact) mass is 367 g/mol. The number of nitrogens with two attached hydrogens (primary N) is 1. The first-order chi connectivity index (χ1) is 13.0. The van der Waals surface area contributed by atoms with E-state index >= 15 is 0 Å². The van der Waals surface area contributed by atoms with Crippen LogP contribution in [-0.4, -0.2) is 30.2 Å². The Balaban J connectivity index is 1.74. The molecule has 27 heavy (non-hydrogen) atoms. The fourth-order valence-corrected chi connectivity index (χ4v) is 3.62. The van der Waals surface area contributed by atoms with E-state index in [-0.39, 0.29) is 11.6 Å². The van der Waals surface area contributed by atoms with Gasteiger partial charge < -0.3 is 15.4 Å². The molecule has 3 N–H and O–H groups in total. The average Bonchev–Trinajstić information content (AvgIpc) is 2.98. The van der Waals surface area contributed by atoms with Gasteiger partial charge in [0.2, 0.25) is 0 Å². The second kappa shape index (κ2) is 6.74. The predicted octanol–water partition coefficient (Wildman–Crippen LogP) is 3.46. The summed E-state index contributed by atoms with van der Waals surface area (Å²) in [6.45, 7) is 0. The lowest BCUT2D eigenvalue weighted by molar-refractivity contribution is 0.0521. The van der Waals surface area contributed by atoms with E-state index in [1.54, 1.807) is 28.9 Å². The van der Waals surface area contributed by atoms with Gasteiger partial charge in [0.1, 0.15) is 11.6 Å². The molecule has 2 aromatic heterocycles. The molecule has 6 nitrogen and oxygen atoms in total. The Bertz CT molecular complexity index is 1020. The van der Waals surface area contributed by atoms with E-state index < -0.39 is 5.60 Å². The van der Waals surface area contributed by atoms with E-state index in [0.717, 1.165) is 32.1 Å². The Labute approximate surface area is 156 Å². The SMILES string of the molecule is Cn1c(-c2cccc(F)c2)nc2c(N)nc(/C=C/C3(O)CCCCC3)nc21. The van der Waals surface area contributed by atoms with Gasteiger partial charge in [-0.3, -0.25) is 0 Å². The first kappa shape index (κ1) is 17.6. The molecule has 0 unspecified atom stereocenters. The van der Waals surface area contributed by atoms with Gasteiger partial charge in [-0.1, -0.05) is 31.4 Å². The summed E-state index contributed by atoms with van der Waals surface area (Å²) in [5, 5.41) is 10.6. The molecule has 0 spiro atoms. The van der Waals surface area contributed by atoms with Crippen LogP contribution in [-0.2, 0) is 7.05 Å². The Hall–Kier alpha value is -2.80. The van der Waals surface area contributed by atoms with Gasteiger partial charge in [-0.05, 0) is 37.1 Å². The second-order valence-corrected chi connectivity index (χ2v) is 7.14. The summed E-state index contributed by atoms with van der Waals surface area (Å²) in [5.74, 6) is 0.918. The number of halogens is 1. The van der Waals surface area contributed by atoms with Crippen molar-refractivity contribution in [2.24, 2.45) is 7.05 Å². The third-order valence-corrected chi connectivity index (χ3v) is 5.11. The van der Waals surface area contributed by atoms with Crippen LogP contribution in [0.5, 0.6) is 0 Å². The summed E-state index contributed by atoms with van der Waals surface area (Å²) >= 11 is 0. The van der Waals surface area contributed by atoms with Crippen LogP contribution in [0, 0.1) is 5.82 Å². The zero-order valence-corrected chi connectivity index (χ0v) is 15.2. The molecule has 1 aliphatic carbocycles. The number of rotatable bonds is 3. The van der Waals surface area contributed by atoms with Gasteiger partial charge in [0, 0.05) is 12.6 Å². The molecule has 0 atom stereocenters. The van der Waals surface area contributed by atoms with Crippen LogP contribution < -0.4 is 5.73 Å². The van der Waals surface area contributed by atoms with E-state index in [4.69, 9.17) is 5.73 Å². The number of aliphatic hydroxyl groups is 1. The van der Waals surface area contributed by atoms with Crippen LogP contribution in [0.3, 0.4) is 0 Å². The fraction of sp³-hybridized carbons (Fsp3) is 0.350. The molecule has 1 fully saturated rings. The Morgan fingerprint density at radius 3 is 2.70 bits per heavy atom. The molecular weight excluding hydrogens is 345 g/mol. The number of nitrogens with zero attached hydrogens (tertiary/aromatic N) is 4. The second-order valence-electron chi connectivity index (χ2n) is 7.14. The highest BCUT2D eigenvalue weighted by atomic mass is 19.1. The Morgan fingerprint density at radius 2 is 1.96 bits per heavy atom. The minimum atomic E-state index is -0.801. The lowest BCUT2D eigenvalue weighted by Crippen LogP contribution is -2.28. The van der Waals surface area contributed by atoms with Gasteiger partial charge in [-0.15, -0.1) is 0 Å². The van der Waals surface area contributed by atoms with E-state index in [1.807, 2.05) is 7.05 Å². The molecule has 140 valence electrons. The number of hydrogen-bond acceptors (Lipinski definition) is 5. The highest BCUT2D eigenvalue weighted by Crippen LogP contribution is 2.30. The highest BCUT2D eigenvalue weighted by molar-refractivity contribution is 5.86. The smallest absolute Gasteiger partial charge is 0.166 e. The summed E-state index contributed by atoms with van der Waals surface area (Å²) in [6.07, 6.45) is 8.17. The minimum absolute atomic E-state index is 0.258. The largest absolute Gasteiger partial charge is 0.386 e. The standard InChI is InChI=1S/C20H22FN5O/c1-26-18(13-6-5-7-14(21)12-13)25-16-17(22)23-15(24-19(16)26)8-11-20(27)9-3-2-4-10-20/h5-8,11-12,27H,2-4,9-10H2,1H3,(H2,22,23,24)/b11-8+. The van der Waals surface area contributed by atoms with Crippen molar-refractivity contribution in [3.8, 4) is 11.4 Å². The molecule has 7 heteroatoms. The third-order valence-electron chi connectivity index (χ3n) is 5.11. The number of imidazole rings is 1. The van der Waals surface area contributed by atoms with Gasteiger partial charge >= 0.3 is 0 Å². The topological polar surface area (TPSA) is 89.9 Å². The van der Waals surface area contributed by atoms with Gasteiger partial charge in [0.25, 0.3) is 0 Å². The maximum atomic E-state index is 13.6. The van der Waals surface area contributed by atoms with Crippen LogP contribution in [0.1, 0.15) is 37.9 Å². The molecule has 2 heterocycles. The van der Waals surface area contributed by atoms with Crippen LogP contribution in [0.15, 0.2) is 30.3 Å². The van der Waals surface area contributed by atoms with Crippen LogP contribution >= 0.6 is 0 Å². The summed E-state index contributed by atoms with van der Waals surface area (Å²) in [7, 11) is 1.81. The molecule has 0 aliphatic heterocycles. The van der Waals surface area contributed by atoms with Crippen molar-refractivity contribution in [1.82, 2.24) is 19.5 Å². The van der Waals surface area contributed by atoms with Crippen LogP contribution in [0.2, 0.25) is 0 Å². The number of nitrogen functional groups attached to an aromatic ring is 1. The molecule has 1 saturated carbocycles. The van der Waals surface area contributed by atoms with Crippen LogP contribution in [0.25, 0.3) is 28.6 Å². The lowest BCUT2D eigenvalue weighted by Gasteiger charge is -2.28. The zero-order valence-electron chi connectivity index (χ0n) is 15.2. The molecule has 0 radical (unpaired) electrons. The molecule has 3 aromatic rings. The van der Waals surface area contributed by atoms with E-state index in [0.29, 0.717) is 28.4 Å². The summed E-state index contributed by atoms with van der Waals surface area (Å²) in [4.78, 5) is 13.3. The molecule has 0 amide bonds. The quantitative estimate of drug-likeness (QED) is 0.740. The predicted molar refractivity (Wildman–Crippen MR) is 103 cm³/mol. The van der Waals surface area contributed by atoms with Crippen molar-refractivity contribution in [2.75, 3.05) is 5.73 Å². The maximum Gasteiger partial charge on any atom is 0.166 e. The first-order valence-electron chi connectivity index (χ1n) is 9.13. The van der Waals surface area contributed by atoms with Crippen molar-refractivity contribution in [1.29, 1.82) is 0 Å². The Kier molecular flexibility index (Phi) is 4.39. The van der Waals surface area contributed by atoms with Crippen molar-refractivity contribution in [2.45, 2.75) is 37.7 Å². The summed E-state index contributed by atoms with van der Waals surface area (Å²) in [6, 6.07) is 6.23. The van der Waals surface area contributed by atoms with Gasteiger partial charge in [-0.2, -0.15) is 0 Å². The number of hydrogen-bond donors (Lipinski definition) is 2. The molecule has 1 aliphatic rings. The number of anilines is 1. The lowest BCUT2D eigenvalue weighted by atomic mass is 9.84. The normalized spacial score (nSPS) is 17.0. The summed E-state index contributed by atoms with van der Waals surface area (Å²) in [5.41, 5.74) is 6.98. The van der Waals surface area contributed by atoms with Crippen molar-refractivity contribution in [3.63, 3.8) is 0 Å². The fourth-order valence-electron chi connectivity index (χ4n) is 3.62. The van der Waals surface area contributed by atoms with Gasteiger partial charge in [-0.25, -0.2) is 19.3 Å². The molecule has 4 rings (SSSR count). The van der Waals surface area contributed by atoms with Crippen molar-refractivity contribution < 1.29 is 9.50 Å². The first-order valence-corrected chi connectivity index (χ1v) is 9.13. The molecular formula is C20H22FN5O. The molecule has 0 saturated heterocycles. The third kappa shape index (κ3) is 3.42. The minimum Gasteiger partial charge on any atom is -0.386 e. The number of fused-ring (bicyclic) bond motifs is 1. The molecule has 0 bridgehead atoms. The van der Waals surface area contributed by atoms with Gasteiger partial charge in [0.05, 0.1) is 5.60 Å². The highest BCUT2D eigenvalue weighted by Gasteiger charge is 2.26. The summed E-state index contributed by atoms with van der Waals surface area (Å²) < 4.78 is 15.3. The van der Waals surface area contributed by atoms with E-state index in [2.05, 4.69) is 15.0 Å². The number of aryl methyl sites for hydroxylation is 1. The molecule has 1 aromatic carbocycles. The van der Waals surface area contributed by atoms with Crippen molar-refractivity contribution in [3.05, 3.63) is 42.0 Å². The Morgan fingerprint density at radius 1 is 1.19 bits per heavy atom. The maximum absolute atomic E-state index is 13.6. The zero-order chi connectivity index (χ0) is 19.0. The van der Waals surface area contributed by atoms with E-state index in [1.165, 1.54) is 12.1 Å². The average molecular weight is 367 g/mol.